The molecule has 0 aliphatic heterocycles. The third-order valence-electron chi connectivity index (χ3n) is 2.78. The Morgan fingerprint density at radius 1 is 1.33 bits per heavy atom. The van der Waals surface area contributed by atoms with E-state index < -0.39 is 0 Å². The fourth-order valence-electron chi connectivity index (χ4n) is 0.945. The number of H-pyrrole nitrogens is 1. The first-order chi connectivity index (χ1) is 5.36. The first kappa shape index (κ1) is 9.26. The van der Waals surface area contributed by atoms with Crippen LogP contribution in [0.3, 0.4) is 0 Å². The molecule has 68 valence electrons. The first-order valence-corrected chi connectivity index (χ1v) is 4.13. The molecule has 0 aliphatic rings. The molecule has 0 saturated carbocycles. The zero-order valence-corrected chi connectivity index (χ0v) is 8.18. The van der Waals surface area contributed by atoms with Crippen LogP contribution in [0.2, 0.25) is 0 Å². The lowest BCUT2D eigenvalue weighted by Crippen LogP contribution is -2.50. The van der Waals surface area contributed by atoms with Gasteiger partial charge in [0, 0.05) is 22.8 Å². The smallest absolute Gasteiger partial charge is 0.0921 e. The third-order valence-corrected chi connectivity index (χ3v) is 2.78. The van der Waals surface area contributed by atoms with Crippen molar-refractivity contribution in [3.63, 3.8) is 0 Å². The Morgan fingerprint density at radius 2 is 1.92 bits per heavy atom. The van der Waals surface area contributed by atoms with Crippen LogP contribution in [0, 0.1) is 0 Å². The summed E-state index contributed by atoms with van der Waals surface area (Å²) in [6, 6.07) is 0. The van der Waals surface area contributed by atoms with Gasteiger partial charge in [-0.15, -0.1) is 0 Å². The normalized spacial score (nSPS) is 13.4. The van der Waals surface area contributed by atoms with E-state index >= 15 is 0 Å². The highest BCUT2D eigenvalue weighted by Crippen LogP contribution is 2.30. The van der Waals surface area contributed by atoms with Gasteiger partial charge >= 0.3 is 0 Å². The highest BCUT2D eigenvalue weighted by molar-refractivity contribution is 5.17. The zero-order chi connectivity index (χ0) is 9.41. The van der Waals surface area contributed by atoms with E-state index in [4.69, 9.17) is 5.73 Å². The summed E-state index contributed by atoms with van der Waals surface area (Å²) in [5, 5.41) is 0. The lowest BCUT2D eigenvalue weighted by Gasteiger charge is -2.37. The molecule has 0 aromatic carbocycles. The fraction of sp³-hybridized carbons (Fsp3) is 0.667. The van der Waals surface area contributed by atoms with Crippen molar-refractivity contribution in [2.75, 3.05) is 0 Å². The second-order valence-corrected chi connectivity index (χ2v) is 4.31. The fourth-order valence-corrected chi connectivity index (χ4v) is 0.945. The van der Waals surface area contributed by atoms with E-state index in [-0.39, 0.29) is 11.0 Å². The second kappa shape index (κ2) is 2.59. The summed E-state index contributed by atoms with van der Waals surface area (Å²) in [5.74, 6) is 0. The number of aromatic amines is 1. The summed E-state index contributed by atoms with van der Waals surface area (Å²) in [5.41, 5.74) is 6.81. The maximum atomic E-state index is 6.06. The van der Waals surface area contributed by atoms with Gasteiger partial charge < -0.3 is 10.7 Å². The van der Waals surface area contributed by atoms with Crippen LogP contribution < -0.4 is 5.73 Å². The van der Waals surface area contributed by atoms with Crippen molar-refractivity contribution in [2.45, 2.75) is 38.6 Å². The Labute approximate surface area is 73.4 Å². The standard InChI is InChI=1S/C9H17N3/c1-8(2,9(3,4)10)7-5-11-6-12-7/h5-6H,10H2,1-4H3,(H,11,12). The molecule has 0 fully saturated rings. The van der Waals surface area contributed by atoms with Crippen molar-refractivity contribution < 1.29 is 0 Å². The molecule has 3 heteroatoms. The molecule has 1 aromatic heterocycles. The molecular weight excluding hydrogens is 150 g/mol. The van der Waals surface area contributed by atoms with Crippen molar-refractivity contribution in [3.05, 3.63) is 18.2 Å². The largest absolute Gasteiger partial charge is 0.348 e. The van der Waals surface area contributed by atoms with E-state index in [0.717, 1.165) is 5.69 Å². The summed E-state index contributed by atoms with van der Waals surface area (Å²) in [6.45, 7) is 8.27. The number of nitrogens with two attached hydrogens (primary N) is 1. The minimum absolute atomic E-state index is 0.0799. The van der Waals surface area contributed by atoms with Gasteiger partial charge in [0.25, 0.3) is 0 Å². The molecule has 0 radical (unpaired) electrons. The van der Waals surface area contributed by atoms with Crippen LogP contribution >= 0.6 is 0 Å². The zero-order valence-electron chi connectivity index (χ0n) is 8.18. The summed E-state index contributed by atoms with van der Waals surface area (Å²) < 4.78 is 0. The molecule has 0 atom stereocenters. The molecule has 0 spiro atoms. The molecular formula is C9H17N3. The molecule has 3 nitrogen and oxygen atoms in total. The number of hydrogen-bond acceptors (Lipinski definition) is 2. The van der Waals surface area contributed by atoms with Crippen LogP contribution in [0.4, 0.5) is 0 Å². The Morgan fingerprint density at radius 3 is 2.25 bits per heavy atom. The minimum Gasteiger partial charge on any atom is -0.348 e. The molecule has 1 aromatic rings. The van der Waals surface area contributed by atoms with Gasteiger partial charge in [-0.2, -0.15) is 0 Å². The minimum atomic E-state index is -0.250. The lowest BCUT2D eigenvalue weighted by molar-refractivity contribution is 0.300. The van der Waals surface area contributed by atoms with Crippen molar-refractivity contribution in [3.8, 4) is 0 Å². The predicted octanol–water partition coefficient (Wildman–Crippen LogP) is 1.42. The molecule has 1 heterocycles. The molecule has 1 rings (SSSR count). The van der Waals surface area contributed by atoms with Crippen LogP contribution in [0.15, 0.2) is 12.5 Å². The van der Waals surface area contributed by atoms with Gasteiger partial charge in [-0.3, -0.25) is 0 Å². The third kappa shape index (κ3) is 1.37. The Balaban J connectivity index is 3.02. The summed E-state index contributed by atoms with van der Waals surface area (Å²) in [6.07, 6.45) is 3.51. The lowest BCUT2D eigenvalue weighted by atomic mass is 9.73. The molecule has 0 amide bonds. The van der Waals surface area contributed by atoms with Crippen LogP contribution in [0.5, 0.6) is 0 Å². The first-order valence-electron chi connectivity index (χ1n) is 4.13. The molecule has 0 aliphatic carbocycles. The molecule has 0 saturated heterocycles. The predicted molar refractivity (Wildman–Crippen MR) is 49.9 cm³/mol. The topological polar surface area (TPSA) is 54.7 Å². The number of imidazole rings is 1. The molecule has 12 heavy (non-hydrogen) atoms. The number of nitrogens with zero attached hydrogens (tertiary/aromatic N) is 1. The van der Waals surface area contributed by atoms with Crippen molar-refractivity contribution in [2.24, 2.45) is 5.73 Å². The highest BCUT2D eigenvalue weighted by atomic mass is 14.9. The van der Waals surface area contributed by atoms with Gasteiger partial charge in [0.1, 0.15) is 0 Å². The van der Waals surface area contributed by atoms with E-state index in [0.29, 0.717) is 0 Å². The Bertz CT molecular complexity index is 241. The summed E-state index contributed by atoms with van der Waals surface area (Å²) >= 11 is 0. The second-order valence-electron chi connectivity index (χ2n) is 4.31. The van der Waals surface area contributed by atoms with Crippen LogP contribution in [-0.2, 0) is 5.41 Å². The van der Waals surface area contributed by atoms with Crippen molar-refractivity contribution >= 4 is 0 Å². The molecule has 0 unspecified atom stereocenters. The van der Waals surface area contributed by atoms with Gasteiger partial charge in [0.15, 0.2) is 0 Å². The van der Waals surface area contributed by atoms with Gasteiger partial charge in [0.2, 0.25) is 0 Å². The van der Waals surface area contributed by atoms with Crippen LogP contribution in [-0.4, -0.2) is 15.5 Å². The van der Waals surface area contributed by atoms with Gasteiger partial charge in [-0.1, -0.05) is 13.8 Å². The Hall–Kier alpha value is -0.830. The molecule has 0 bridgehead atoms. The van der Waals surface area contributed by atoms with Gasteiger partial charge in [0.05, 0.1) is 6.33 Å². The maximum Gasteiger partial charge on any atom is 0.0921 e. The average Bonchev–Trinajstić information content (AvgIpc) is 2.34. The average molecular weight is 167 g/mol. The van der Waals surface area contributed by atoms with E-state index in [1.807, 2.05) is 20.0 Å². The van der Waals surface area contributed by atoms with E-state index in [1.54, 1.807) is 6.33 Å². The van der Waals surface area contributed by atoms with Gasteiger partial charge in [-0.05, 0) is 13.8 Å². The maximum absolute atomic E-state index is 6.06. The molecule has 3 N–H and O–H groups in total. The van der Waals surface area contributed by atoms with E-state index in [1.165, 1.54) is 0 Å². The van der Waals surface area contributed by atoms with Crippen LogP contribution in [0.25, 0.3) is 0 Å². The van der Waals surface area contributed by atoms with E-state index in [9.17, 15) is 0 Å². The SMILES string of the molecule is CC(C)(N)C(C)(C)c1cnc[nH]1. The number of hydrogen-bond donors (Lipinski definition) is 2. The number of nitrogens with one attached hydrogen (secondary N) is 1. The van der Waals surface area contributed by atoms with Crippen molar-refractivity contribution in [1.82, 2.24) is 9.97 Å². The quantitative estimate of drug-likeness (QED) is 0.700. The number of aromatic nitrogens is 2. The summed E-state index contributed by atoms with van der Waals surface area (Å²) in [4.78, 5) is 7.08. The van der Waals surface area contributed by atoms with Crippen LogP contribution in [0.1, 0.15) is 33.4 Å². The highest BCUT2D eigenvalue weighted by Gasteiger charge is 2.35. The van der Waals surface area contributed by atoms with Gasteiger partial charge in [-0.25, -0.2) is 4.98 Å². The van der Waals surface area contributed by atoms with Crippen molar-refractivity contribution in [1.29, 1.82) is 0 Å². The Kier molecular flexibility index (Phi) is 2.00. The number of rotatable bonds is 2. The monoisotopic (exact) mass is 167 g/mol. The summed E-state index contributed by atoms with van der Waals surface area (Å²) in [7, 11) is 0. The van der Waals surface area contributed by atoms with E-state index in [2.05, 4.69) is 23.8 Å².